The molecule has 0 fully saturated rings. The van der Waals surface area contributed by atoms with Crippen LogP contribution in [0.3, 0.4) is 0 Å². The number of benzene rings is 1. The minimum Gasteiger partial charge on any atom is -0.385 e. The first-order chi connectivity index (χ1) is 10.0. The van der Waals surface area contributed by atoms with E-state index in [9.17, 15) is 4.79 Å². The number of hydrogen-bond acceptors (Lipinski definition) is 3. The molecule has 1 aromatic heterocycles. The Morgan fingerprint density at radius 1 is 1.24 bits per heavy atom. The fourth-order valence-corrected chi connectivity index (χ4v) is 2.15. The maximum atomic E-state index is 12.2. The number of amides is 1. The van der Waals surface area contributed by atoms with E-state index in [4.69, 9.17) is 0 Å². The van der Waals surface area contributed by atoms with Gasteiger partial charge in [0.15, 0.2) is 0 Å². The van der Waals surface area contributed by atoms with Crippen molar-refractivity contribution in [3.8, 4) is 0 Å². The van der Waals surface area contributed by atoms with E-state index in [2.05, 4.69) is 45.4 Å². The Hall–Kier alpha value is -1.88. The van der Waals surface area contributed by atoms with Crippen molar-refractivity contribution in [3.63, 3.8) is 0 Å². The van der Waals surface area contributed by atoms with Crippen LogP contribution in [0, 0.1) is 5.92 Å². The lowest BCUT2D eigenvalue weighted by Gasteiger charge is -2.10. The van der Waals surface area contributed by atoms with Crippen molar-refractivity contribution in [2.75, 3.05) is 17.2 Å². The minimum atomic E-state index is -0.221. The lowest BCUT2D eigenvalue weighted by atomic mass is 10.2. The molecule has 110 valence electrons. The Morgan fingerprint density at radius 2 is 2.05 bits per heavy atom. The number of carbonyl (C=O) groups is 1. The molecule has 0 unspecified atom stereocenters. The van der Waals surface area contributed by atoms with Gasteiger partial charge in [-0.05, 0) is 36.2 Å². The highest BCUT2D eigenvalue weighted by molar-refractivity contribution is 9.10. The highest BCUT2D eigenvalue weighted by Crippen LogP contribution is 2.17. The summed E-state index contributed by atoms with van der Waals surface area (Å²) in [4.78, 5) is 16.3. The Kier molecular flexibility index (Phi) is 5.33. The second-order valence-corrected chi connectivity index (χ2v) is 6.08. The minimum absolute atomic E-state index is 0.221. The van der Waals surface area contributed by atoms with Crippen molar-refractivity contribution in [1.82, 2.24) is 4.98 Å². The summed E-state index contributed by atoms with van der Waals surface area (Å²) in [5.41, 5.74) is 2.03. The van der Waals surface area contributed by atoms with E-state index in [0.29, 0.717) is 11.6 Å². The van der Waals surface area contributed by atoms with Crippen LogP contribution in [0.1, 0.15) is 24.3 Å². The van der Waals surface area contributed by atoms with Crippen molar-refractivity contribution < 1.29 is 4.79 Å². The lowest BCUT2D eigenvalue weighted by Crippen LogP contribution is -2.14. The third kappa shape index (κ3) is 4.86. The lowest BCUT2D eigenvalue weighted by molar-refractivity contribution is 0.102. The maximum absolute atomic E-state index is 12.2. The zero-order valence-electron chi connectivity index (χ0n) is 12.1. The Balaban J connectivity index is 2.07. The van der Waals surface area contributed by atoms with Gasteiger partial charge in [0, 0.05) is 28.6 Å². The van der Waals surface area contributed by atoms with Crippen molar-refractivity contribution in [2.24, 2.45) is 5.92 Å². The second kappa shape index (κ2) is 7.22. The number of hydrogen-bond donors (Lipinski definition) is 2. The molecular formula is C16H18BrN3O. The molecule has 4 nitrogen and oxygen atoms in total. The number of nitrogens with one attached hydrogen (secondary N) is 2. The summed E-state index contributed by atoms with van der Waals surface area (Å²) in [7, 11) is 0. The second-order valence-electron chi connectivity index (χ2n) is 5.17. The predicted octanol–water partition coefficient (Wildman–Crippen LogP) is 4.16. The molecule has 0 aliphatic rings. The summed E-state index contributed by atoms with van der Waals surface area (Å²) in [6.45, 7) is 5.13. The van der Waals surface area contributed by atoms with E-state index in [0.717, 1.165) is 22.4 Å². The van der Waals surface area contributed by atoms with Gasteiger partial charge in [0.25, 0.3) is 5.91 Å². The first kappa shape index (κ1) is 15.5. The number of aromatic nitrogens is 1. The number of anilines is 2. The molecule has 2 N–H and O–H groups in total. The van der Waals surface area contributed by atoms with Crippen LogP contribution in [-0.2, 0) is 0 Å². The van der Waals surface area contributed by atoms with Gasteiger partial charge in [0.05, 0.1) is 0 Å². The third-order valence-corrected chi connectivity index (χ3v) is 3.28. The number of nitrogens with zero attached hydrogens (tertiary/aromatic N) is 1. The first-order valence-corrected chi connectivity index (χ1v) is 7.61. The van der Waals surface area contributed by atoms with E-state index < -0.39 is 0 Å². The van der Waals surface area contributed by atoms with Gasteiger partial charge in [0.1, 0.15) is 5.69 Å². The molecule has 0 atom stereocenters. The van der Waals surface area contributed by atoms with Crippen LogP contribution in [0.15, 0.2) is 47.1 Å². The summed E-state index contributed by atoms with van der Waals surface area (Å²) < 4.78 is 0.917. The van der Waals surface area contributed by atoms with Gasteiger partial charge < -0.3 is 10.6 Å². The van der Waals surface area contributed by atoms with Crippen LogP contribution in [0.5, 0.6) is 0 Å². The van der Waals surface area contributed by atoms with Crippen LogP contribution < -0.4 is 10.6 Å². The summed E-state index contributed by atoms with van der Waals surface area (Å²) in [5, 5.41) is 6.12. The van der Waals surface area contributed by atoms with Crippen molar-refractivity contribution >= 4 is 33.2 Å². The molecule has 2 aromatic rings. The van der Waals surface area contributed by atoms with E-state index in [1.165, 1.54) is 0 Å². The van der Waals surface area contributed by atoms with Crippen molar-refractivity contribution in [2.45, 2.75) is 13.8 Å². The largest absolute Gasteiger partial charge is 0.385 e. The zero-order chi connectivity index (χ0) is 15.2. The highest BCUT2D eigenvalue weighted by atomic mass is 79.9. The van der Waals surface area contributed by atoms with Gasteiger partial charge in [-0.2, -0.15) is 0 Å². The molecule has 2 rings (SSSR count). The predicted molar refractivity (Wildman–Crippen MR) is 89.7 cm³/mol. The fraction of sp³-hybridized carbons (Fsp3) is 0.250. The molecule has 0 saturated carbocycles. The summed E-state index contributed by atoms with van der Waals surface area (Å²) >= 11 is 3.38. The van der Waals surface area contributed by atoms with Gasteiger partial charge in [-0.15, -0.1) is 0 Å². The Labute approximate surface area is 133 Å². The van der Waals surface area contributed by atoms with E-state index in [1.54, 1.807) is 12.3 Å². The third-order valence-electron chi connectivity index (χ3n) is 2.79. The number of rotatable bonds is 5. The maximum Gasteiger partial charge on any atom is 0.274 e. The average Bonchev–Trinajstić information content (AvgIpc) is 2.45. The molecule has 0 radical (unpaired) electrons. The molecule has 5 heteroatoms. The summed E-state index contributed by atoms with van der Waals surface area (Å²) in [5.74, 6) is 0.318. The zero-order valence-corrected chi connectivity index (χ0v) is 13.6. The van der Waals surface area contributed by atoms with Crippen molar-refractivity contribution in [1.29, 1.82) is 0 Å². The molecule has 0 bridgehead atoms. The molecule has 0 aliphatic heterocycles. The molecule has 1 aromatic carbocycles. The van der Waals surface area contributed by atoms with E-state index in [-0.39, 0.29) is 5.91 Å². The quantitative estimate of drug-likeness (QED) is 0.853. The number of halogens is 1. The van der Waals surface area contributed by atoms with Crippen LogP contribution in [-0.4, -0.2) is 17.4 Å². The van der Waals surface area contributed by atoms with Gasteiger partial charge >= 0.3 is 0 Å². The molecule has 0 saturated heterocycles. The van der Waals surface area contributed by atoms with E-state index in [1.807, 2.05) is 30.3 Å². The smallest absolute Gasteiger partial charge is 0.274 e. The standard InChI is InChI=1S/C16H18BrN3O/c1-11(2)10-19-13-6-7-18-15(9-13)16(21)20-14-5-3-4-12(17)8-14/h3-9,11H,10H2,1-2H3,(H,18,19)(H,20,21). The monoisotopic (exact) mass is 347 g/mol. The van der Waals surface area contributed by atoms with Crippen LogP contribution in [0.2, 0.25) is 0 Å². The number of pyridine rings is 1. The first-order valence-electron chi connectivity index (χ1n) is 6.81. The molecule has 21 heavy (non-hydrogen) atoms. The Bertz CT molecular complexity index is 628. The van der Waals surface area contributed by atoms with Gasteiger partial charge in [-0.3, -0.25) is 9.78 Å². The van der Waals surface area contributed by atoms with Gasteiger partial charge in [-0.25, -0.2) is 0 Å². The Morgan fingerprint density at radius 3 is 2.76 bits per heavy atom. The molecule has 1 amide bonds. The molecule has 0 spiro atoms. The normalized spacial score (nSPS) is 10.5. The average molecular weight is 348 g/mol. The van der Waals surface area contributed by atoms with Crippen molar-refractivity contribution in [3.05, 3.63) is 52.8 Å². The van der Waals surface area contributed by atoms with Gasteiger partial charge in [-0.1, -0.05) is 35.8 Å². The SMILES string of the molecule is CC(C)CNc1ccnc(C(=O)Nc2cccc(Br)c2)c1. The molecule has 1 heterocycles. The van der Waals surface area contributed by atoms with E-state index >= 15 is 0 Å². The van der Waals surface area contributed by atoms with Crippen LogP contribution in [0.25, 0.3) is 0 Å². The topological polar surface area (TPSA) is 54.0 Å². The van der Waals surface area contributed by atoms with Gasteiger partial charge in [0.2, 0.25) is 0 Å². The molecular weight excluding hydrogens is 330 g/mol. The molecule has 0 aliphatic carbocycles. The summed E-state index contributed by atoms with van der Waals surface area (Å²) in [6.07, 6.45) is 1.64. The fourth-order valence-electron chi connectivity index (χ4n) is 1.75. The number of carbonyl (C=O) groups excluding carboxylic acids is 1. The van der Waals surface area contributed by atoms with Crippen LogP contribution >= 0.6 is 15.9 Å². The highest BCUT2D eigenvalue weighted by Gasteiger charge is 2.08. The van der Waals surface area contributed by atoms with Crippen LogP contribution in [0.4, 0.5) is 11.4 Å². The summed E-state index contributed by atoms with van der Waals surface area (Å²) in [6, 6.07) is 11.1.